The summed E-state index contributed by atoms with van der Waals surface area (Å²) in [4.78, 5) is 11.0. The fourth-order valence-corrected chi connectivity index (χ4v) is 0.646. The number of hydrogen-bond acceptors (Lipinski definition) is 6. The van der Waals surface area contributed by atoms with Crippen LogP contribution in [0.4, 0.5) is 11.9 Å². The number of nitrogens with two attached hydrogens (primary N) is 2. The molecular weight excluding hydrogens is 158 g/mol. The van der Waals surface area contributed by atoms with Gasteiger partial charge < -0.3 is 16.2 Å². The zero-order valence-corrected chi connectivity index (χ0v) is 6.82. The second kappa shape index (κ2) is 3.70. The third-order valence-corrected chi connectivity index (χ3v) is 1.08. The maximum absolute atomic E-state index is 5.31. The largest absolute Gasteiger partial charge is 0.463 e. The predicted molar refractivity (Wildman–Crippen MR) is 44.4 cm³/mol. The Kier molecular flexibility index (Phi) is 2.62. The quantitative estimate of drug-likeness (QED) is 0.651. The van der Waals surface area contributed by atoms with Crippen molar-refractivity contribution in [1.82, 2.24) is 15.0 Å². The van der Waals surface area contributed by atoms with Crippen molar-refractivity contribution >= 4 is 11.9 Å². The van der Waals surface area contributed by atoms with E-state index in [9.17, 15) is 0 Å². The molecule has 4 N–H and O–H groups in total. The Balaban J connectivity index is 2.72. The van der Waals surface area contributed by atoms with Crippen LogP contribution in [0.5, 0.6) is 6.01 Å². The first-order chi connectivity index (χ1) is 5.72. The highest BCUT2D eigenvalue weighted by molar-refractivity contribution is 5.27. The van der Waals surface area contributed by atoms with Crippen LogP contribution >= 0.6 is 0 Å². The maximum Gasteiger partial charge on any atom is 0.323 e. The van der Waals surface area contributed by atoms with Gasteiger partial charge in [-0.2, -0.15) is 15.0 Å². The third kappa shape index (κ3) is 2.22. The summed E-state index contributed by atoms with van der Waals surface area (Å²) in [5, 5.41) is 0. The molecule has 1 aromatic heterocycles. The standard InChI is InChI=1S/C6H11N5O/c1-2-3-12-6-10-4(7)9-5(8)11-6/h2-3H2,1H3,(H4,7,8,9,10,11). The van der Waals surface area contributed by atoms with Crippen LogP contribution < -0.4 is 16.2 Å². The molecule has 0 radical (unpaired) electrons. The van der Waals surface area contributed by atoms with E-state index in [1.165, 1.54) is 0 Å². The molecule has 0 fully saturated rings. The van der Waals surface area contributed by atoms with Gasteiger partial charge in [-0.1, -0.05) is 6.92 Å². The van der Waals surface area contributed by atoms with Crippen LogP contribution in [0.15, 0.2) is 0 Å². The molecule has 6 nitrogen and oxygen atoms in total. The topological polar surface area (TPSA) is 99.9 Å². The molecule has 0 saturated heterocycles. The van der Waals surface area contributed by atoms with Gasteiger partial charge in [-0.15, -0.1) is 0 Å². The van der Waals surface area contributed by atoms with Gasteiger partial charge in [0, 0.05) is 0 Å². The number of ether oxygens (including phenoxy) is 1. The Bertz CT molecular complexity index is 244. The molecule has 66 valence electrons. The zero-order chi connectivity index (χ0) is 8.97. The van der Waals surface area contributed by atoms with Crippen molar-refractivity contribution < 1.29 is 4.74 Å². The van der Waals surface area contributed by atoms with E-state index in [-0.39, 0.29) is 17.9 Å². The molecule has 1 rings (SSSR count). The Morgan fingerprint density at radius 2 is 1.75 bits per heavy atom. The average molecular weight is 169 g/mol. The van der Waals surface area contributed by atoms with E-state index < -0.39 is 0 Å². The molecule has 0 aliphatic heterocycles. The minimum Gasteiger partial charge on any atom is -0.463 e. The molecule has 12 heavy (non-hydrogen) atoms. The summed E-state index contributed by atoms with van der Waals surface area (Å²) < 4.78 is 5.09. The Morgan fingerprint density at radius 3 is 2.25 bits per heavy atom. The Hall–Kier alpha value is -1.59. The van der Waals surface area contributed by atoms with Crippen LogP contribution in [-0.4, -0.2) is 21.6 Å². The van der Waals surface area contributed by atoms with E-state index in [1.54, 1.807) is 0 Å². The monoisotopic (exact) mass is 169 g/mol. The lowest BCUT2D eigenvalue weighted by atomic mass is 10.5. The van der Waals surface area contributed by atoms with Crippen LogP contribution in [0.25, 0.3) is 0 Å². The maximum atomic E-state index is 5.31. The number of aromatic nitrogens is 3. The zero-order valence-electron chi connectivity index (χ0n) is 6.82. The lowest BCUT2D eigenvalue weighted by Crippen LogP contribution is -2.06. The van der Waals surface area contributed by atoms with Crippen molar-refractivity contribution in [3.63, 3.8) is 0 Å². The summed E-state index contributed by atoms with van der Waals surface area (Å²) in [5.74, 6) is 0.155. The van der Waals surface area contributed by atoms with Crippen molar-refractivity contribution in [2.75, 3.05) is 18.1 Å². The Labute approximate surface area is 70.0 Å². The summed E-state index contributed by atoms with van der Waals surface area (Å²) >= 11 is 0. The number of nitrogens with zero attached hydrogens (tertiary/aromatic N) is 3. The molecule has 0 saturated carbocycles. The third-order valence-electron chi connectivity index (χ3n) is 1.08. The first-order valence-corrected chi connectivity index (χ1v) is 3.62. The fraction of sp³-hybridized carbons (Fsp3) is 0.500. The summed E-state index contributed by atoms with van der Waals surface area (Å²) in [5.41, 5.74) is 10.6. The van der Waals surface area contributed by atoms with Crippen LogP contribution in [0.1, 0.15) is 13.3 Å². The van der Waals surface area contributed by atoms with Gasteiger partial charge >= 0.3 is 6.01 Å². The number of hydrogen-bond donors (Lipinski definition) is 2. The van der Waals surface area contributed by atoms with Crippen molar-refractivity contribution in [3.8, 4) is 6.01 Å². The second-order valence-electron chi connectivity index (χ2n) is 2.18. The van der Waals surface area contributed by atoms with E-state index in [0.717, 1.165) is 6.42 Å². The highest BCUT2D eigenvalue weighted by Gasteiger charge is 2.00. The van der Waals surface area contributed by atoms with Crippen molar-refractivity contribution in [2.45, 2.75) is 13.3 Å². The van der Waals surface area contributed by atoms with Gasteiger partial charge in [-0.05, 0) is 6.42 Å². The van der Waals surface area contributed by atoms with Gasteiger partial charge in [0.2, 0.25) is 11.9 Å². The van der Waals surface area contributed by atoms with E-state index in [1.807, 2.05) is 6.92 Å². The van der Waals surface area contributed by atoms with Crippen molar-refractivity contribution in [3.05, 3.63) is 0 Å². The number of anilines is 2. The first kappa shape index (κ1) is 8.51. The van der Waals surface area contributed by atoms with Crippen molar-refractivity contribution in [1.29, 1.82) is 0 Å². The predicted octanol–water partition coefficient (Wildman–Crippen LogP) is -0.175. The second-order valence-corrected chi connectivity index (χ2v) is 2.18. The molecule has 0 aliphatic carbocycles. The number of nitrogen functional groups attached to an aromatic ring is 2. The molecule has 0 atom stereocenters. The Morgan fingerprint density at radius 1 is 1.17 bits per heavy atom. The van der Waals surface area contributed by atoms with E-state index in [0.29, 0.717) is 6.61 Å². The molecule has 0 amide bonds. The molecule has 0 aliphatic rings. The lowest BCUT2D eigenvalue weighted by molar-refractivity contribution is 0.292. The van der Waals surface area contributed by atoms with Crippen LogP contribution in [0, 0.1) is 0 Å². The number of rotatable bonds is 3. The van der Waals surface area contributed by atoms with Crippen LogP contribution in [0.3, 0.4) is 0 Å². The minimum atomic E-state index is 0.0774. The van der Waals surface area contributed by atoms with Gasteiger partial charge in [0.15, 0.2) is 0 Å². The molecule has 0 spiro atoms. The van der Waals surface area contributed by atoms with Gasteiger partial charge in [-0.3, -0.25) is 0 Å². The van der Waals surface area contributed by atoms with E-state index in [4.69, 9.17) is 16.2 Å². The smallest absolute Gasteiger partial charge is 0.323 e. The normalized spacial score (nSPS) is 9.75. The average Bonchev–Trinajstić information content (AvgIpc) is 1.99. The highest BCUT2D eigenvalue weighted by Crippen LogP contribution is 2.05. The minimum absolute atomic E-state index is 0.0774. The molecule has 1 aromatic rings. The fourth-order valence-electron chi connectivity index (χ4n) is 0.646. The van der Waals surface area contributed by atoms with Gasteiger partial charge in [-0.25, -0.2) is 0 Å². The van der Waals surface area contributed by atoms with E-state index in [2.05, 4.69) is 15.0 Å². The molecular formula is C6H11N5O. The summed E-state index contributed by atoms with van der Waals surface area (Å²) in [6.45, 7) is 2.52. The van der Waals surface area contributed by atoms with Crippen molar-refractivity contribution in [2.24, 2.45) is 0 Å². The molecule has 0 bridgehead atoms. The SMILES string of the molecule is CCCOc1nc(N)nc(N)n1. The van der Waals surface area contributed by atoms with Crippen LogP contribution in [-0.2, 0) is 0 Å². The molecule has 0 aromatic carbocycles. The van der Waals surface area contributed by atoms with Gasteiger partial charge in [0.1, 0.15) is 0 Å². The summed E-state index contributed by atoms with van der Waals surface area (Å²) in [7, 11) is 0. The lowest BCUT2D eigenvalue weighted by Gasteiger charge is -2.02. The van der Waals surface area contributed by atoms with Gasteiger partial charge in [0.05, 0.1) is 6.61 Å². The van der Waals surface area contributed by atoms with Gasteiger partial charge in [0.25, 0.3) is 0 Å². The molecule has 6 heteroatoms. The summed E-state index contributed by atoms with van der Waals surface area (Å²) in [6, 6.07) is 0.182. The first-order valence-electron chi connectivity index (χ1n) is 3.62. The summed E-state index contributed by atoms with van der Waals surface area (Å²) in [6.07, 6.45) is 0.880. The molecule has 1 heterocycles. The molecule has 0 unspecified atom stereocenters. The van der Waals surface area contributed by atoms with Crippen LogP contribution in [0.2, 0.25) is 0 Å². The highest BCUT2D eigenvalue weighted by atomic mass is 16.5. The van der Waals surface area contributed by atoms with E-state index >= 15 is 0 Å².